The summed E-state index contributed by atoms with van der Waals surface area (Å²) in [4.78, 5) is 14.3. The van der Waals surface area contributed by atoms with Gasteiger partial charge in [0.15, 0.2) is 11.5 Å². The van der Waals surface area contributed by atoms with E-state index in [1.807, 2.05) is 13.8 Å². The minimum Gasteiger partial charge on any atom is -0.489 e. The van der Waals surface area contributed by atoms with E-state index in [0.29, 0.717) is 47.6 Å². The first-order chi connectivity index (χ1) is 11.5. The van der Waals surface area contributed by atoms with Crippen molar-refractivity contribution in [3.05, 3.63) is 39.7 Å². The van der Waals surface area contributed by atoms with E-state index in [1.54, 1.807) is 24.1 Å². The molecule has 0 aliphatic carbocycles. The van der Waals surface area contributed by atoms with Gasteiger partial charge in [0, 0.05) is 24.6 Å². The second-order valence-electron chi connectivity index (χ2n) is 5.80. The fourth-order valence-electron chi connectivity index (χ4n) is 2.61. The number of amides is 1. The molecule has 0 saturated carbocycles. The van der Waals surface area contributed by atoms with Crippen molar-refractivity contribution in [1.29, 1.82) is 0 Å². The van der Waals surface area contributed by atoms with Crippen LogP contribution in [-0.2, 0) is 6.54 Å². The summed E-state index contributed by atoms with van der Waals surface area (Å²) in [6, 6.07) is 3.29. The van der Waals surface area contributed by atoms with Crippen LogP contribution in [0.1, 0.15) is 33.8 Å². The SMILES string of the molecule is Cc1noc(C)c1CN(C)C(=O)c1cc(Cl)c2c(c1)OCCCO2. The highest BCUT2D eigenvalue weighted by molar-refractivity contribution is 6.32. The van der Waals surface area contributed by atoms with E-state index in [0.717, 1.165) is 17.7 Å². The van der Waals surface area contributed by atoms with Gasteiger partial charge in [-0.1, -0.05) is 16.8 Å². The summed E-state index contributed by atoms with van der Waals surface area (Å²) < 4.78 is 16.4. The predicted molar refractivity (Wildman–Crippen MR) is 88.8 cm³/mol. The van der Waals surface area contributed by atoms with Gasteiger partial charge in [-0.15, -0.1) is 0 Å². The minimum absolute atomic E-state index is 0.160. The van der Waals surface area contributed by atoms with Crippen LogP contribution < -0.4 is 9.47 Å². The van der Waals surface area contributed by atoms with Gasteiger partial charge in [-0.2, -0.15) is 0 Å². The number of aryl methyl sites for hydroxylation is 2. The van der Waals surface area contributed by atoms with E-state index >= 15 is 0 Å². The first kappa shape index (κ1) is 16.6. The topological polar surface area (TPSA) is 64.8 Å². The molecule has 0 fully saturated rings. The number of carbonyl (C=O) groups is 1. The standard InChI is InChI=1S/C17H19ClN2O4/c1-10-13(11(2)24-19-10)9-20(3)17(21)12-7-14(18)16-15(8-12)22-5-4-6-23-16/h7-8H,4-6,9H2,1-3H3. The van der Waals surface area contributed by atoms with Crippen molar-refractivity contribution >= 4 is 17.5 Å². The van der Waals surface area contributed by atoms with E-state index in [9.17, 15) is 4.79 Å². The zero-order valence-electron chi connectivity index (χ0n) is 13.9. The second kappa shape index (κ2) is 6.73. The molecule has 2 heterocycles. The average molecular weight is 351 g/mol. The summed E-state index contributed by atoms with van der Waals surface area (Å²) in [5.74, 6) is 1.56. The molecular formula is C17H19ClN2O4. The number of ether oxygens (including phenoxy) is 2. The van der Waals surface area contributed by atoms with E-state index < -0.39 is 0 Å². The largest absolute Gasteiger partial charge is 0.489 e. The minimum atomic E-state index is -0.160. The number of hydrogen-bond donors (Lipinski definition) is 0. The van der Waals surface area contributed by atoms with Gasteiger partial charge in [0.1, 0.15) is 5.76 Å². The lowest BCUT2D eigenvalue weighted by Crippen LogP contribution is -2.26. The average Bonchev–Trinajstić information content (AvgIpc) is 2.78. The van der Waals surface area contributed by atoms with Crippen LogP contribution in [0.2, 0.25) is 5.02 Å². The molecule has 0 unspecified atom stereocenters. The third kappa shape index (κ3) is 3.19. The first-order valence-corrected chi connectivity index (χ1v) is 8.11. The molecule has 6 nitrogen and oxygen atoms in total. The molecule has 7 heteroatoms. The van der Waals surface area contributed by atoms with Gasteiger partial charge in [0.2, 0.25) is 0 Å². The van der Waals surface area contributed by atoms with Crippen LogP contribution in [0.25, 0.3) is 0 Å². The van der Waals surface area contributed by atoms with Crippen LogP contribution in [0.3, 0.4) is 0 Å². The van der Waals surface area contributed by atoms with Crippen molar-refractivity contribution in [2.75, 3.05) is 20.3 Å². The molecule has 24 heavy (non-hydrogen) atoms. The number of benzene rings is 1. The Morgan fingerprint density at radius 2 is 2.04 bits per heavy atom. The monoisotopic (exact) mass is 350 g/mol. The lowest BCUT2D eigenvalue weighted by atomic mass is 10.1. The Labute approximate surface area is 145 Å². The highest BCUT2D eigenvalue weighted by Crippen LogP contribution is 2.38. The molecule has 1 aromatic carbocycles. The lowest BCUT2D eigenvalue weighted by molar-refractivity contribution is 0.0784. The number of fused-ring (bicyclic) bond motifs is 1. The molecule has 2 aromatic rings. The van der Waals surface area contributed by atoms with Crippen molar-refractivity contribution < 1.29 is 18.8 Å². The van der Waals surface area contributed by atoms with Crippen LogP contribution in [0.4, 0.5) is 0 Å². The molecule has 0 radical (unpaired) electrons. The van der Waals surface area contributed by atoms with E-state index in [4.69, 9.17) is 25.6 Å². The first-order valence-electron chi connectivity index (χ1n) is 7.73. The zero-order valence-corrected chi connectivity index (χ0v) is 14.6. The van der Waals surface area contributed by atoms with Crippen molar-refractivity contribution in [2.45, 2.75) is 26.8 Å². The maximum Gasteiger partial charge on any atom is 0.254 e. The molecule has 1 aliphatic heterocycles. The molecule has 1 amide bonds. The number of halogens is 1. The summed E-state index contributed by atoms with van der Waals surface area (Å²) in [6.07, 6.45) is 0.778. The number of carbonyl (C=O) groups excluding carboxylic acids is 1. The van der Waals surface area contributed by atoms with Crippen LogP contribution in [0.5, 0.6) is 11.5 Å². The number of aromatic nitrogens is 1. The van der Waals surface area contributed by atoms with Gasteiger partial charge in [-0.05, 0) is 26.0 Å². The summed E-state index contributed by atoms with van der Waals surface area (Å²) in [6.45, 7) is 5.18. The summed E-state index contributed by atoms with van der Waals surface area (Å²) >= 11 is 6.26. The number of rotatable bonds is 3. The maximum atomic E-state index is 12.7. The Hall–Kier alpha value is -2.21. The summed E-state index contributed by atoms with van der Waals surface area (Å²) in [5.41, 5.74) is 2.15. The second-order valence-corrected chi connectivity index (χ2v) is 6.21. The number of hydrogen-bond acceptors (Lipinski definition) is 5. The van der Waals surface area contributed by atoms with Crippen molar-refractivity contribution in [2.24, 2.45) is 0 Å². The third-order valence-corrected chi connectivity index (χ3v) is 4.25. The Kier molecular flexibility index (Phi) is 4.66. The molecule has 3 rings (SSSR count). The molecule has 0 atom stereocenters. The van der Waals surface area contributed by atoms with Crippen LogP contribution in [-0.4, -0.2) is 36.2 Å². The van der Waals surface area contributed by atoms with Gasteiger partial charge in [-0.3, -0.25) is 4.79 Å². The van der Waals surface area contributed by atoms with Gasteiger partial charge >= 0.3 is 0 Å². The van der Waals surface area contributed by atoms with E-state index in [1.165, 1.54) is 0 Å². The van der Waals surface area contributed by atoms with Gasteiger partial charge in [0.05, 0.1) is 30.5 Å². The third-order valence-electron chi connectivity index (χ3n) is 3.97. The molecule has 128 valence electrons. The normalized spacial score (nSPS) is 13.5. The molecular weight excluding hydrogens is 332 g/mol. The molecule has 0 bridgehead atoms. The highest BCUT2D eigenvalue weighted by atomic mass is 35.5. The van der Waals surface area contributed by atoms with Crippen LogP contribution in [0, 0.1) is 13.8 Å². The smallest absolute Gasteiger partial charge is 0.254 e. The Morgan fingerprint density at radius 1 is 1.29 bits per heavy atom. The van der Waals surface area contributed by atoms with Gasteiger partial charge in [-0.25, -0.2) is 0 Å². The fourth-order valence-corrected chi connectivity index (χ4v) is 2.88. The van der Waals surface area contributed by atoms with Crippen molar-refractivity contribution in [3.8, 4) is 11.5 Å². The molecule has 0 spiro atoms. The van der Waals surface area contributed by atoms with Gasteiger partial charge in [0.25, 0.3) is 5.91 Å². The van der Waals surface area contributed by atoms with Gasteiger partial charge < -0.3 is 18.9 Å². The van der Waals surface area contributed by atoms with Crippen LogP contribution >= 0.6 is 11.6 Å². The fraction of sp³-hybridized carbons (Fsp3) is 0.412. The van der Waals surface area contributed by atoms with Crippen molar-refractivity contribution in [1.82, 2.24) is 10.1 Å². The zero-order chi connectivity index (χ0) is 17.3. The Bertz CT molecular complexity index is 753. The molecule has 0 saturated heterocycles. The summed E-state index contributed by atoms with van der Waals surface area (Å²) in [7, 11) is 1.73. The maximum absolute atomic E-state index is 12.7. The highest BCUT2D eigenvalue weighted by Gasteiger charge is 2.21. The number of nitrogens with zero attached hydrogens (tertiary/aromatic N) is 2. The Morgan fingerprint density at radius 3 is 2.75 bits per heavy atom. The van der Waals surface area contributed by atoms with E-state index in [-0.39, 0.29) is 5.91 Å². The lowest BCUT2D eigenvalue weighted by Gasteiger charge is -2.18. The summed E-state index contributed by atoms with van der Waals surface area (Å²) in [5, 5.41) is 4.29. The molecule has 0 N–H and O–H groups in total. The van der Waals surface area contributed by atoms with Crippen LogP contribution in [0.15, 0.2) is 16.7 Å². The molecule has 1 aromatic heterocycles. The van der Waals surface area contributed by atoms with E-state index in [2.05, 4.69) is 5.16 Å². The van der Waals surface area contributed by atoms with Crippen molar-refractivity contribution in [3.63, 3.8) is 0 Å². The Balaban J connectivity index is 1.84. The quantitative estimate of drug-likeness (QED) is 0.849. The molecule has 1 aliphatic rings. The predicted octanol–water partition coefficient (Wildman–Crippen LogP) is 3.38.